The van der Waals surface area contributed by atoms with Crippen LogP contribution in [0.5, 0.6) is 11.5 Å². The molecule has 0 unspecified atom stereocenters. The minimum Gasteiger partial charge on any atom is -0.493 e. The van der Waals surface area contributed by atoms with Crippen LogP contribution in [0.15, 0.2) is 60.0 Å². The highest BCUT2D eigenvalue weighted by Gasteiger charge is 2.34. The van der Waals surface area contributed by atoms with Crippen LogP contribution in [0.2, 0.25) is 0 Å². The number of carbonyl (C=O) groups is 3. The van der Waals surface area contributed by atoms with Crippen LogP contribution in [0.1, 0.15) is 5.56 Å². The first-order valence-electron chi connectivity index (χ1n) is 9.14. The molecule has 3 amide bonds. The van der Waals surface area contributed by atoms with Gasteiger partial charge in [-0.2, -0.15) is 0 Å². The smallest absolute Gasteiger partial charge is 0.293 e. The van der Waals surface area contributed by atoms with Gasteiger partial charge in [0.1, 0.15) is 0 Å². The minimum absolute atomic E-state index is 0.167. The van der Waals surface area contributed by atoms with Gasteiger partial charge in [-0.1, -0.05) is 24.3 Å². The van der Waals surface area contributed by atoms with Crippen molar-refractivity contribution in [2.75, 3.05) is 25.6 Å². The van der Waals surface area contributed by atoms with Crippen molar-refractivity contribution >= 4 is 63.2 Å². The van der Waals surface area contributed by atoms with Gasteiger partial charge in [0.25, 0.3) is 17.1 Å². The molecule has 0 saturated carbocycles. The molecule has 0 aliphatic carbocycles. The van der Waals surface area contributed by atoms with Crippen molar-refractivity contribution in [3.8, 4) is 11.5 Å². The van der Waals surface area contributed by atoms with Crippen LogP contribution in [-0.4, -0.2) is 42.2 Å². The van der Waals surface area contributed by atoms with Crippen molar-refractivity contribution in [3.63, 3.8) is 0 Å². The normalized spacial score (nSPS) is 14.6. The molecular weight excluding hydrogens is 531 g/mol. The molecule has 31 heavy (non-hydrogen) atoms. The highest BCUT2D eigenvalue weighted by Crippen LogP contribution is 2.37. The molecule has 1 aliphatic rings. The minimum atomic E-state index is -0.359. The largest absolute Gasteiger partial charge is 0.493 e. The Balaban J connectivity index is 1.74. The first-order valence-corrected chi connectivity index (χ1v) is 11.0. The standard InChI is InChI=1S/C22H19IN2O5S/c1-3-9-25-21(27)18(31-22(25)28)12-14-10-16(23)20(17(11-14)29-2)30-13-19(26)24-15-7-5-4-6-8-15/h3-8,10-12H,1,9,13H2,2H3,(H,24,26)/b18-12+. The first kappa shape index (κ1) is 22.9. The fourth-order valence-electron chi connectivity index (χ4n) is 2.76. The van der Waals surface area contributed by atoms with E-state index in [0.717, 1.165) is 16.7 Å². The summed E-state index contributed by atoms with van der Waals surface area (Å²) in [6.07, 6.45) is 3.13. The van der Waals surface area contributed by atoms with Gasteiger partial charge in [0.2, 0.25) is 0 Å². The number of benzene rings is 2. The first-order chi connectivity index (χ1) is 14.9. The maximum Gasteiger partial charge on any atom is 0.293 e. The van der Waals surface area contributed by atoms with E-state index < -0.39 is 0 Å². The zero-order valence-electron chi connectivity index (χ0n) is 16.6. The number of hydrogen-bond donors (Lipinski definition) is 1. The van der Waals surface area contributed by atoms with Crippen LogP contribution < -0.4 is 14.8 Å². The molecule has 160 valence electrons. The number of imide groups is 1. The molecule has 3 rings (SSSR count). The molecule has 2 aromatic rings. The molecule has 1 heterocycles. The molecule has 2 aromatic carbocycles. The van der Waals surface area contributed by atoms with Gasteiger partial charge >= 0.3 is 0 Å². The summed E-state index contributed by atoms with van der Waals surface area (Å²) in [7, 11) is 1.49. The van der Waals surface area contributed by atoms with Crippen molar-refractivity contribution < 1.29 is 23.9 Å². The molecule has 1 aliphatic heterocycles. The number of methoxy groups -OCH3 is 1. The Labute approximate surface area is 197 Å². The Morgan fingerprint density at radius 2 is 2.00 bits per heavy atom. The summed E-state index contributed by atoms with van der Waals surface area (Å²) in [5, 5.41) is 2.42. The lowest BCUT2D eigenvalue weighted by Gasteiger charge is -2.14. The van der Waals surface area contributed by atoms with E-state index >= 15 is 0 Å². The van der Waals surface area contributed by atoms with Crippen LogP contribution in [0.4, 0.5) is 10.5 Å². The molecule has 0 spiro atoms. The van der Waals surface area contributed by atoms with Gasteiger partial charge in [-0.3, -0.25) is 19.3 Å². The Bertz CT molecular complexity index is 1060. The number of nitrogens with zero attached hydrogens (tertiary/aromatic N) is 1. The molecule has 9 heteroatoms. The van der Waals surface area contributed by atoms with Crippen molar-refractivity contribution in [2.24, 2.45) is 0 Å². The van der Waals surface area contributed by atoms with Crippen LogP contribution in [0.25, 0.3) is 6.08 Å². The molecule has 1 N–H and O–H groups in total. The summed E-state index contributed by atoms with van der Waals surface area (Å²) < 4.78 is 11.8. The molecule has 7 nitrogen and oxygen atoms in total. The Hall–Kier alpha value is -2.79. The van der Waals surface area contributed by atoms with Crippen LogP contribution in [-0.2, 0) is 9.59 Å². The third kappa shape index (κ3) is 5.67. The summed E-state index contributed by atoms with van der Waals surface area (Å²) in [6, 6.07) is 12.6. The number of rotatable bonds is 8. The number of anilines is 1. The molecule has 1 saturated heterocycles. The van der Waals surface area contributed by atoms with Gasteiger partial charge in [-0.05, 0) is 70.3 Å². The van der Waals surface area contributed by atoms with Gasteiger partial charge in [0.05, 0.1) is 15.6 Å². The second kappa shape index (κ2) is 10.5. The van der Waals surface area contributed by atoms with Crippen LogP contribution in [0, 0.1) is 3.57 Å². The molecule has 0 atom stereocenters. The number of para-hydroxylation sites is 1. The van der Waals surface area contributed by atoms with E-state index in [4.69, 9.17) is 9.47 Å². The highest BCUT2D eigenvalue weighted by atomic mass is 127. The van der Waals surface area contributed by atoms with Crippen molar-refractivity contribution in [1.82, 2.24) is 4.90 Å². The van der Waals surface area contributed by atoms with Gasteiger partial charge in [0, 0.05) is 12.2 Å². The molecule has 0 aromatic heterocycles. The van der Waals surface area contributed by atoms with Crippen molar-refractivity contribution in [2.45, 2.75) is 0 Å². The van der Waals surface area contributed by atoms with Gasteiger partial charge < -0.3 is 14.8 Å². The van der Waals surface area contributed by atoms with E-state index in [2.05, 4.69) is 34.5 Å². The Morgan fingerprint density at radius 3 is 2.68 bits per heavy atom. The summed E-state index contributed by atoms with van der Waals surface area (Å²) in [5.74, 6) is 0.171. The van der Waals surface area contributed by atoms with E-state index in [9.17, 15) is 14.4 Å². The molecule has 1 fully saturated rings. The van der Waals surface area contributed by atoms with Gasteiger partial charge in [-0.15, -0.1) is 6.58 Å². The third-order valence-corrected chi connectivity index (χ3v) is 5.85. The topological polar surface area (TPSA) is 84.9 Å². The van der Waals surface area contributed by atoms with Crippen molar-refractivity contribution in [1.29, 1.82) is 0 Å². The lowest BCUT2D eigenvalue weighted by molar-refractivity contribution is -0.122. The molecular formula is C22H19IN2O5S. The number of ether oxygens (including phenoxy) is 2. The number of halogens is 1. The monoisotopic (exact) mass is 550 g/mol. The second-order valence-corrected chi connectivity index (χ2v) is 8.47. The average Bonchev–Trinajstić information content (AvgIpc) is 3.01. The van der Waals surface area contributed by atoms with E-state index in [1.54, 1.807) is 30.3 Å². The maximum atomic E-state index is 12.4. The summed E-state index contributed by atoms with van der Waals surface area (Å²) in [4.78, 5) is 38.0. The second-order valence-electron chi connectivity index (χ2n) is 6.32. The fourth-order valence-corrected chi connectivity index (χ4v) is 4.39. The average molecular weight is 550 g/mol. The predicted octanol–water partition coefficient (Wildman–Crippen LogP) is 4.54. The van der Waals surface area contributed by atoms with E-state index in [1.807, 2.05) is 18.2 Å². The summed E-state index contributed by atoms with van der Waals surface area (Å²) in [5.41, 5.74) is 1.35. The van der Waals surface area contributed by atoms with Crippen LogP contribution >= 0.6 is 34.4 Å². The molecule has 0 radical (unpaired) electrons. The quantitative estimate of drug-likeness (QED) is 0.295. The maximum absolute atomic E-state index is 12.4. The molecule has 0 bridgehead atoms. The number of nitrogens with one attached hydrogen (secondary N) is 1. The Morgan fingerprint density at radius 1 is 1.26 bits per heavy atom. The van der Waals surface area contributed by atoms with Gasteiger partial charge in [0.15, 0.2) is 18.1 Å². The zero-order chi connectivity index (χ0) is 22.4. The van der Waals surface area contributed by atoms with Gasteiger partial charge in [-0.25, -0.2) is 0 Å². The van der Waals surface area contributed by atoms with Crippen molar-refractivity contribution in [3.05, 3.63) is 69.2 Å². The highest BCUT2D eigenvalue weighted by molar-refractivity contribution is 14.1. The third-order valence-electron chi connectivity index (χ3n) is 4.14. The number of carbonyl (C=O) groups excluding carboxylic acids is 3. The lowest BCUT2D eigenvalue weighted by atomic mass is 10.2. The summed E-state index contributed by atoms with van der Waals surface area (Å²) >= 11 is 2.95. The fraction of sp³-hybridized carbons (Fsp3) is 0.136. The van der Waals surface area contributed by atoms with Crippen LogP contribution in [0.3, 0.4) is 0 Å². The van der Waals surface area contributed by atoms with E-state index in [1.165, 1.54) is 13.2 Å². The lowest BCUT2D eigenvalue weighted by Crippen LogP contribution is -2.27. The zero-order valence-corrected chi connectivity index (χ0v) is 19.6. The number of hydrogen-bond acceptors (Lipinski definition) is 6. The SMILES string of the molecule is C=CCN1C(=O)S/C(=C/c2cc(I)c(OCC(=O)Nc3ccccc3)c(OC)c2)C1=O. The summed E-state index contributed by atoms with van der Waals surface area (Å²) in [6.45, 7) is 3.54. The van der Waals surface area contributed by atoms with E-state index in [0.29, 0.717) is 31.2 Å². The van der Waals surface area contributed by atoms with E-state index in [-0.39, 0.29) is 30.2 Å². The number of amides is 3. The number of thioether (sulfide) groups is 1. The Kier molecular flexibility index (Phi) is 7.75. The predicted molar refractivity (Wildman–Crippen MR) is 129 cm³/mol.